The largest absolute Gasteiger partial charge is 0.302 e. The Kier molecular flexibility index (Phi) is 4.87. The fraction of sp³-hybridized carbons (Fsp3) is 1.00. The predicted molar refractivity (Wildman–Crippen MR) is 75.2 cm³/mol. The van der Waals surface area contributed by atoms with E-state index in [-0.39, 0.29) is 0 Å². The van der Waals surface area contributed by atoms with Crippen molar-refractivity contribution in [2.24, 2.45) is 5.41 Å². The summed E-state index contributed by atoms with van der Waals surface area (Å²) in [4.78, 5) is 2.61. The van der Waals surface area contributed by atoms with Gasteiger partial charge in [0.15, 0.2) is 0 Å². The Hall–Kier alpha value is 0.660. The molecule has 1 aliphatic heterocycles. The van der Waals surface area contributed by atoms with Crippen molar-refractivity contribution in [2.45, 2.75) is 38.9 Å². The van der Waals surface area contributed by atoms with Gasteiger partial charge in [-0.25, -0.2) is 0 Å². The Morgan fingerprint density at radius 2 is 2.00 bits per heavy atom. The molecule has 0 aromatic rings. The quantitative estimate of drug-likeness (QED) is 0.763. The highest BCUT2D eigenvalue weighted by atomic mass is 32.2. The minimum absolute atomic E-state index is 0.349. The first kappa shape index (κ1) is 13.7. The van der Waals surface area contributed by atoms with E-state index >= 15 is 0 Å². The maximum absolute atomic E-state index is 4.43. The summed E-state index contributed by atoms with van der Waals surface area (Å²) in [5, 5.41) is 0. The van der Waals surface area contributed by atoms with E-state index in [0.29, 0.717) is 10.2 Å². The molecule has 0 radical (unpaired) electrons. The van der Waals surface area contributed by atoms with Gasteiger partial charge in [0.25, 0.3) is 0 Å². The summed E-state index contributed by atoms with van der Waals surface area (Å²) < 4.78 is 0.472. The van der Waals surface area contributed by atoms with Gasteiger partial charge in [-0.1, -0.05) is 27.7 Å². The van der Waals surface area contributed by atoms with Gasteiger partial charge in [-0.3, -0.25) is 0 Å². The van der Waals surface area contributed by atoms with E-state index in [1.54, 1.807) is 0 Å². The summed E-state index contributed by atoms with van der Waals surface area (Å²) in [5.74, 6) is 2.25. The second kappa shape index (κ2) is 5.33. The number of thiol groups is 1. The zero-order valence-corrected chi connectivity index (χ0v) is 12.3. The van der Waals surface area contributed by atoms with Crippen LogP contribution in [0.4, 0.5) is 0 Å². The van der Waals surface area contributed by atoms with Gasteiger partial charge in [-0.2, -0.15) is 24.4 Å². The fourth-order valence-electron chi connectivity index (χ4n) is 1.88. The SMILES string of the molecule is CC(C)(CS)CN1CCSC(C)(C)CC1. The molecule has 0 aromatic heterocycles. The lowest BCUT2D eigenvalue weighted by Gasteiger charge is -2.31. The highest BCUT2D eigenvalue weighted by molar-refractivity contribution is 8.00. The Labute approximate surface area is 105 Å². The molecule has 1 nitrogen and oxygen atoms in total. The summed E-state index contributed by atoms with van der Waals surface area (Å²) in [6.45, 7) is 13.0. The van der Waals surface area contributed by atoms with Gasteiger partial charge >= 0.3 is 0 Å². The maximum Gasteiger partial charge on any atom is 0.0116 e. The summed E-state index contributed by atoms with van der Waals surface area (Å²) in [6.07, 6.45) is 1.31. The van der Waals surface area contributed by atoms with Crippen molar-refractivity contribution in [1.82, 2.24) is 4.90 Å². The summed E-state index contributed by atoms with van der Waals surface area (Å²) in [5.41, 5.74) is 0.349. The van der Waals surface area contributed by atoms with Crippen LogP contribution in [0, 0.1) is 5.41 Å². The van der Waals surface area contributed by atoms with Crippen LogP contribution in [-0.2, 0) is 0 Å². The van der Waals surface area contributed by atoms with Crippen LogP contribution in [0.15, 0.2) is 0 Å². The molecule has 1 aliphatic rings. The highest BCUT2D eigenvalue weighted by Gasteiger charge is 2.26. The predicted octanol–water partition coefficient (Wildman–Crippen LogP) is 3.16. The second-order valence-corrected chi connectivity index (χ2v) is 8.07. The monoisotopic (exact) mass is 247 g/mol. The first-order valence-corrected chi connectivity index (χ1v) is 7.44. The van der Waals surface area contributed by atoms with Crippen molar-refractivity contribution in [3.8, 4) is 0 Å². The molecule has 15 heavy (non-hydrogen) atoms. The van der Waals surface area contributed by atoms with Crippen LogP contribution in [0.2, 0.25) is 0 Å². The Bertz CT molecular complexity index is 202. The molecule has 0 unspecified atom stereocenters. The minimum Gasteiger partial charge on any atom is -0.302 e. The molecule has 1 fully saturated rings. The molecule has 90 valence electrons. The third-order valence-corrected chi connectivity index (χ3v) is 5.24. The van der Waals surface area contributed by atoms with Crippen LogP contribution in [0.5, 0.6) is 0 Å². The molecule has 0 spiro atoms. The third-order valence-electron chi connectivity index (χ3n) is 3.01. The molecule has 0 aliphatic carbocycles. The molecule has 3 heteroatoms. The van der Waals surface area contributed by atoms with Crippen molar-refractivity contribution in [2.75, 3.05) is 31.1 Å². The minimum atomic E-state index is 0.349. The van der Waals surface area contributed by atoms with Crippen LogP contribution >= 0.6 is 24.4 Å². The van der Waals surface area contributed by atoms with Crippen molar-refractivity contribution < 1.29 is 0 Å². The number of thioether (sulfide) groups is 1. The van der Waals surface area contributed by atoms with Crippen LogP contribution in [0.3, 0.4) is 0 Å². The van der Waals surface area contributed by atoms with Crippen LogP contribution in [0.1, 0.15) is 34.1 Å². The summed E-state index contributed by atoms with van der Waals surface area (Å²) in [7, 11) is 0. The van der Waals surface area contributed by atoms with Gasteiger partial charge in [0.2, 0.25) is 0 Å². The number of hydrogen-bond acceptors (Lipinski definition) is 3. The molecule has 0 saturated carbocycles. The Morgan fingerprint density at radius 3 is 2.60 bits per heavy atom. The first-order chi connectivity index (χ1) is 6.85. The zero-order valence-electron chi connectivity index (χ0n) is 10.5. The van der Waals surface area contributed by atoms with Crippen LogP contribution < -0.4 is 0 Å². The van der Waals surface area contributed by atoms with E-state index in [9.17, 15) is 0 Å². The summed E-state index contributed by atoms with van der Waals surface area (Å²) in [6, 6.07) is 0. The van der Waals surface area contributed by atoms with E-state index in [4.69, 9.17) is 0 Å². The first-order valence-electron chi connectivity index (χ1n) is 5.82. The van der Waals surface area contributed by atoms with Crippen LogP contribution in [-0.4, -0.2) is 40.8 Å². The third kappa shape index (κ3) is 5.01. The van der Waals surface area contributed by atoms with E-state index in [1.165, 1.54) is 31.8 Å². The topological polar surface area (TPSA) is 3.24 Å². The van der Waals surface area contributed by atoms with Gasteiger partial charge < -0.3 is 4.90 Å². The lowest BCUT2D eigenvalue weighted by atomic mass is 9.95. The second-order valence-electron chi connectivity index (χ2n) is 5.96. The molecule has 1 heterocycles. The lowest BCUT2D eigenvalue weighted by Crippen LogP contribution is -2.37. The number of nitrogens with zero attached hydrogens (tertiary/aromatic N) is 1. The molecule has 0 N–H and O–H groups in total. The van der Waals surface area contributed by atoms with Gasteiger partial charge in [0, 0.05) is 23.6 Å². The molecule has 0 amide bonds. The van der Waals surface area contributed by atoms with E-state index in [2.05, 4.69) is 57.0 Å². The Balaban J connectivity index is 2.45. The maximum atomic E-state index is 4.43. The molecular formula is C12H25NS2. The van der Waals surface area contributed by atoms with Crippen molar-refractivity contribution >= 4 is 24.4 Å². The standard InChI is InChI=1S/C12H25NS2/c1-11(2,10-14)9-13-6-5-12(3,4)15-8-7-13/h14H,5-10H2,1-4H3. The smallest absolute Gasteiger partial charge is 0.0116 e. The molecule has 1 rings (SSSR count). The average molecular weight is 247 g/mol. The number of hydrogen-bond donors (Lipinski definition) is 1. The molecule has 0 atom stereocenters. The van der Waals surface area contributed by atoms with Gasteiger partial charge in [0.1, 0.15) is 0 Å². The zero-order chi connectivity index (χ0) is 11.5. The van der Waals surface area contributed by atoms with Gasteiger partial charge in [0.05, 0.1) is 0 Å². The van der Waals surface area contributed by atoms with E-state index in [0.717, 1.165) is 5.75 Å². The Morgan fingerprint density at radius 1 is 1.33 bits per heavy atom. The van der Waals surface area contributed by atoms with Crippen molar-refractivity contribution in [3.63, 3.8) is 0 Å². The molecule has 0 bridgehead atoms. The van der Waals surface area contributed by atoms with Crippen molar-refractivity contribution in [3.05, 3.63) is 0 Å². The molecular weight excluding hydrogens is 222 g/mol. The number of rotatable bonds is 3. The van der Waals surface area contributed by atoms with Crippen LogP contribution in [0.25, 0.3) is 0 Å². The molecule has 0 aromatic carbocycles. The summed E-state index contributed by atoms with van der Waals surface area (Å²) >= 11 is 6.55. The average Bonchev–Trinajstić information content (AvgIpc) is 2.28. The fourth-order valence-corrected chi connectivity index (χ4v) is 3.11. The van der Waals surface area contributed by atoms with Crippen molar-refractivity contribution in [1.29, 1.82) is 0 Å². The highest BCUT2D eigenvalue weighted by Crippen LogP contribution is 2.31. The van der Waals surface area contributed by atoms with Gasteiger partial charge in [-0.05, 0) is 24.1 Å². The molecule has 1 saturated heterocycles. The van der Waals surface area contributed by atoms with Gasteiger partial charge in [-0.15, -0.1) is 0 Å². The lowest BCUT2D eigenvalue weighted by molar-refractivity contribution is 0.202. The van der Waals surface area contributed by atoms with E-state index in [1.807, 2.05) is 0 Å². The van der Waals surface area contributed by atoms with E-state index < -0.39 is 0 Å². The normalized spacial score (nSPS) is 23.8.